The number of benzene rings is 1. The summed E-state index contributed by atoms with van der Waals surface area (Å²) in [6.45, 7) is 22.3. The summed E-state index contributed by atoms with van der Waals surface area (Å²) < 4.78 is 12.0. The number of ether oxygens (including phenoxy) is 2. The fourth-order valence-electron chi connectivity index (χ4n) is 3.16. The van der Waals surface area contributed by atoms with Crippen LogP contribution in [0, 0.1) is 18.3 Å². The third-order valence-corrected chi connectivity index (χ3v) is 8.55. The van der Waals surface area contributed by atoms with Crippen molar-refractivity contribution in [2.24, 2.45) is 0 Å². The predicted octanol–water partition coefficient (Wildman–Crippen LogP) is 6.35. The van der Waals surface area contributed by atoms with Gasteiger partial charge in [-0.2, -0.15) is 15.2 Å². The standard InChI is InChI=1S/C26H37N3O3Si2/c1-18(2)22-23(24(30)21-15-19(3)14-20(16-21)17-27)28-26(32-11-13-34(7,8)9)29-25(22)31-10-12-33(4,5)6/h14-16H,1,10-13H2,2-9H3. The van der Waals surface area contributed by atoms with E-state index in [4.69, 9.17) is 9.47 Å². The van der Waals surface area contributed by atoms with Crippen molar-refractivity contribution in [3.05, 3.63) is 52.7 Å². The Hall–Kier alpha value is -2.77. The van der Waals surface area contributed by atoms with Crippen LogP contribution in [0.4, 0.5) is 0 Å². The topological polar surface area (TPSA) is 85.1 Å². The van der Waals surface area contributed by atoms with E-state index in [0.29, 0.717) is 41.4 Å². The molecule has 0 aliphatic rings. The fraction of sp³-hybridized carbons (Fsp3) is 0.462. The molecule has 8 heteroatoms. The van der Waals surface area contributed by atoms with E-state index in [0.717, 1.165) is 17.7 Å². The van der Waals surface area contributed by atoms with Gasteiger partial charge in [0.1, 0.15) is 5.69 Å². The van der Waals surface area contributed by atoms with Gasteiger partial charge < -0.3 is 9.47 Å². The molecule has 0 spiro atoms. The van der Waals surface area contributed by atoms with E-state index < -0.39 is 16.1 Å². The highest BCUT2D eigenvalue weighted by Gasteiger charge is 2.25. The molecule has 0 aliphatic heterocycles. The molecule has 6 nitrogen and oxygen atoms in total. The Labute approximate surface area is 206 Å². The highest BCUT2D eigenvalue weighted by Crippen LogP contribution is 2.31. The van der Waals surface area contributed by atoms with E-state index in [2.05, 4.69) is 61.9 Å². The minimum absolute atomic E-state index is 0.128. The van der Waals surface area contributed by atoms with Gasteiger partial charge in [0.2, 0.25) is 11.7 Å². The highest BCUT2D eigenvalue weighted by atomic mass is 28.3. The van der Waals surface area contributed by atoms with Crippen LogP contribution in [0.25, 0.3) is 5.57 Å². The summed E-state index contributed by atoms with van der Waals surface area (Å²) >= 11 is 0. The fourth-order valence-corrected chi connectivity index (χ4v) is 4.59. The Bertz CT molecular complexity index is 1110. The first-order valence-corrected chi connectivity index (χ1v) is 19.0. The molecule has 0 atom stereocenters. The third kappa shape index (κ3) is 8.22. The van der Waals surface area contributed by atoms with Gasteiger partial charge in [-0.1, -0.05) is 45.9 Å². The molecule has 182 valence electrons. The van der Waals surface area contributed by atoms with Gasteiger partial charge in [-0.25, -0.2) is 0 Å². The number of nitrogens with zero attached hydrogens (tertiary/aromatic N) is 3. The summed E-state index contributed by atoms with van der Waals surface area (Å²) in [6.07, 6.45) is 0. The van der Waals surface area contributed by atoms with Crippen molar-refractivity contribution >= 4 is 27.5 Å². The number of nitriles is 1. The summed E-state index contributed by atoms with van der Waals surface area (Å²) in [4.78, 5) is 22.7. The summed E-state index contributed by atoms with van der Waals surface area (Å²) in [6, 6.07) is 9.21. The number of rotatable bonds is 11. The van der Waals surface area contributed by atoms with Crippen LogP contribution in [0.5, 0.6) is 11.9 Å². The molecule has 34 heavy (non-hydrogen) atoms. The number of ketones is 1. The Balaban J connectivity index is 2.56. The molecule has 0 radical (unpaired) electrons. The van der Waals surface area contributed by atoms with E-state index in [9.17, 15) is 10.1 Å². The van der Waals surface area contributed by atoms with E-state index >= 15 is 0 Å². The summed E-state index contributed by atoms with van der Waals surface area (Å²) in [5, 5.41) is 9.36. The second-order valence-corrected chi connectivity index (χ2v) is 22.4. The monoisotopic (exact) mass is 495 g/mol. The number of hydrogen-bond donors (Lipinski definition) is 0. The number of hydrogen-bond acceptors (Lipinski definition) is 6. The van der Waals surface area contributed by atoms with Gasteiger partial charge in [0.25, 0.3) is 0 Å². The largest absolute Gasteiger partial charge is 0.477 e. The Kier molecular flexibility index (Phi) is 8.98. The smallest absolute Gasteiger partial charge is 0.320 e. The van der Waals surface area contributed by atoms with Crippen molar-refractivity contribution in [3.63, 3.8) is 0 Å². The van der Waals surface area contributed by atoms with Crippen LogP contribution >= 0.6 is 0 Å². The molecule has 0 amide bonds. The highest BCUT2D eigenvalue weighted by molar-refractivity contribution is 6.76. The first-order valence-electron chi connectivity index (χ1n) is 11.6. The average Bonchev–Trinajstić information content (AvgIpc) is 2.70. The second-order valence-electron chi connectivity index (χ2n) is 11.2. The van der Waals surface area contributed by atoms with Gasteiger partial charge in [-0.05, 0) is 55.3 Å². The lowest BCUT2D eigenvalue weighted by Crippen LogP contribution is -2.24. The molecular formula is C26H37N3O3Si2. The van der Waals surface area contributed by atoms with Gasteiger partial charge in [0, 0.05) is 21.7 Å². The van der Waals surface area contributed by atoms with Crippen LogP contribution in [-0.2, 0) is 0 Å². The van der Waals surface area contributed by atoms with Gasteiger partial charge in [-0.15, -0.1) is 0 Å². The van der Waals surface area contributed by atoms with Crippen LogP contribution in [0.1, 0.15) is 39.7 Å². The van der Waals surface area contributed by atoms with E-state index in [1.807, 2.05) is 13.8 Å². The lowest BCUT2D eigenvalue weighted by molar-refractivity contribution is 0.103. The van der Waals surface area contributed by atoms with E-state index in [1.165, 1.54) is 0 Å². The van der Waals surface area contributed by atoms with Crippen LogP contribution in [0.2, 0.25) is 51.4 Å². The molecule has 2 aromatic rings. The Morgan fingerprint density at radius 3 is 2.12 bits per heavy atom. The lowest BCUT2D eigenvalue weighted by atomic mass is 9.98. The van der Waals surface area contributed by atoms with Gasteiger partial charge in [0.05, 0.1) is 30.4 Å². The quantitative estimate of drug-likeness (QED) is 0.266. The molecule has 0 unspecified atom stereocenters. The number of aromatic nitrogens is 2. The Morgan fingerprint density at radius 1 is 1.00 bits per heavy atom. The zero-order chi connectivity index (χ0) is 25.7. The molecule has 0 bridgehead atoms. The maximum Gasteiger partial charge on any atom is 0.320 e. The maximum absolute atomic E-state index is 13.6. The van der Waals surface area contributed by atoms with E-state index in [-0.39, 0.29) is 17.5 Å². The van der Waals surface area contributed by atoms with E-state index in [1.54, 1.807) is 18.2 Å². The van der Waals surface area contributed by atoms with Crippen LogP contribution in [0.15, 0.2) is 24.8 Å². The second kappa shape index (κ2) is 11.1. The van der Waals surface area contributed by atoms with Crippen molar-refractivity contribution in [2.75, 3.05) is 13.2 Å². The third-order valence-electron chi connectivity index (χ3n) is 5.14. The number of allylic oxidation sites excluding steroid dienone is 1. The molecule has 0 saturated carbocycles. The first kappa shape index (κ1) is 27.5. The zero-order valence-electron chi connectivity index (χ0n) is 21.8. The number of carbonyl (C=O) groups excluding carboxylic acids is 1. The molecule has 0 fully saturated rings. The maximum atomic E-state index is 13.6. The van der Waals surface area contributed by atoms with Crippen molar-refractivity contribution in [3.8, 4) is 18.0 Å². The summed E-state index contributed by atoms with van der Waals surface area (Å²) in [5.41, 5.74) is 2.94. The summed E-state index contributed by atoms with van der Waals surface area (Å²) in [7, 11) is -2.65. The molecule has 0 saturated heterocycles. The van der Waals surface area contributed by atoms with Gasteiger partial charge in [0.15, 0.2) is 0 Å². The number of aryl methyl sites for hydroxylation is 1. The van der Waals surface area contributed by atoms with Crippen molar-refractivity contribution in [1.82, 2.24) is 9.97 Å². The normalized spacial score (nSPS) is 11.6. The van der Waals surface area contributed by atoms with Crippen LogP contribution < -0.4 is 9.47 Å². The predicted molar refractivity (Wildman–Crippen MR) is 143 cm³/mol. The molecule has 1 heterocycles. The molecular weight excluding hydrogens is 458 g/mol. The molecule has 1 aromatic carbocycles. The van der Waals surface area contributed by atoms with Gasteiger partial charge in [-0.3, -0.25) is 4.79 Å². The SMILES string of the molecule is C=C(C)c1c(OCC[Si](C)(C)C)nc(OCC[Si](C)(C)C)nc1C(=O)c1cc(C)cc(C#N)c1. The molecule has 2 rings (SSSR count). The van der Waals surface area contributed by atoms with Crippen molar-refractivity contribution < 1.29 is 14.3 Å². The molecule has 0 aliphatic carbocycles. The van der Waals surface area contributed by atoms with Crippen molar-refractivity contribution in [2.45, 2.75) is 65.2 Å². The summed E-state index contributed by atoms with van der Waals surface area (Å²) in [5.74, 6) is 0.00551. The lowest BCUT2D eigenvalue weighted by Gasteiger charge is -2.19. The number of carbonyl (C=O) groups is 1. The molecule has 1 aromatic heterocycles. The molecule has 0 N–H and O–H groups in total. The van der Waals surface area contributed by atoms with Crippen LogP contribution in [0.3, 0.4) is 0 Å². The Morgan fingerprint density at radius 2 is 1.59 bits per heavy atom. The van der Waals surface area contributed by atoms with Crippen LogP contribution in [-0.4, -0.2) is 45.1 Å². The van der Waals surface area contributed by atoms with Crippen molar-refractivity contribution in [1.29, 1.82) is 5.26 Å². The first-order chi connectivity index (χ1) is 15.7. The van der Waals surface area contributed by atoms with Gasteiger partial charge >= 0.3 is 6.01 Å². The minimum atomic E-state index is -1.33. The average molecular weight is 496 g/mol. The zero-order valence-corrected chi connectivity index (χ0v) is 23.8. The minimum Gasteiger partial charge on any atom is -0.477 e.